The van der Waals surface area contributed by atoms with E-state index in [1.807, 2.05) is 0 Å². The van der Waals surface area contributed by atoms with Crippen molar-refractivity contribution >= 4 is 17.9 Å². The smallest absolute Gasteiger partial charge is 0.366 e. The number of anilines is 1. The Hall–Kier alpha value is -2.38. The molecule has 2 atom stereocenters. The molecule has 0 saturated heterocycles. The lowest BCUT2D eigenvalue weighted by Gasteiger charge is -2.26. The molecule has 1 aromatic rings. The minimum atomic E-state index is -0.955. The van der Waals surface area contributed by atoms with Gasteiger partial charge in [0.2, 0.25) is 5.70 Å². The van der Waals surface area contributed by atoms with E-state index in [0.29, 0.717) is 18.3 Å². The second kappa shape index (κ2) is 10.5. The molecule has 0 radical (unpaired) electrons. The zero-order valence-corrected chi connectivity index (χ0v) is 20.0. The molecule has 0 spiro atoms. The standard InChI is InChI=1S/C25H38N4O3/c1-5-17(2)9-8-14-32-18(3)23(16-26)29(4,31)28-25(30)27-24-21-12-6-10-19(21)15-20-11-7-13-22(20)24/h15-17,26,31H,5-14H2,1-4H3,(H-,27,28,30)/p+1/b23-18-,26-16?. The van der Waals surface area contributed by atoms with E-state index in [2.05, 4.69) is 30.7 Å². The number of ether oxygens (including phenoxy) is 1. The number of aryl methyl sites for hydroxylation is 2. The fraction of sp³-hybridized carbons (Fsp3) is 0.600. The van der Waals surface area contributed by atoms with Crippen LogP contribution in [0.3, 0.4) is 0 Å². The van der Waals surface area contributed by atoms with Gasteiger partial charge in [0.25, 0.3) is 0 Å². The molecule has 0 heterocycles. The minimum Gasteiger partial charge on any atom is -0.492 e. The first kappa shape index (κ1) is 24.3. The second-order valence-electron chi connectivity index (χ2n) is 9.35. The Kier molecular flexibility index (Phi) is 7.96. The fourth-order valence-corrected chi connectivity index (χ4v) is 4.84. The Morgan fingerprint density at radius 3 is 2.44 bits per heavy atom. The monoisotopic (exact) mass is 443 g/mol. The van der Waals surface area contributed by atoms with Crippen molar-refractivity contribution < 1.29 is 19.5 Å². The van der Waals surface area contributed by atoms with Gasteiger partial charge in [-0.05, 0) is 91.2 Å². The van der Waals surface area contributed by atoms with Gasteiger partial charge in [-0.2, -0.15) is 5.21 Å². The molecule has 176 valence electrons. The van der Waals surface area contributed by atoms with Crippen molar-refractivity contribution in [2.24, 2.45) is 5.92 Å². The number of hydroxylamine groups is 2. The number of allylic oxidation sites excluding steroid dienone is 2. The topological polar surface area (TPSA) is 94.4 Å². The number of carbonyl (C=O) groups is 1. The van der Waals surface area contributed by atoms with Gasteiger partial charge in [0.05, 0.1) is 12.8 Å². The molecule has 0 aromatic heterocycles. The van der Waals surface area contributed by atoms with Gasteiger partial charge in [0, 0.05) is 5.69 Å². The SMILES string of the molecule is CCC(C)CCCO/C(C)=C(/C=N)[N+](C)(O)NC(=O)Nc1c2c(cc3c1CCC3)CCC2. The van der Waals surface area contributed by atoms with Crippen molar-refractivity contribution in [1.82, 2.24) is 5.43 Å². The first-order chi connectivity index (χ1) is 15.3. The van der Waals surface area contributed by atoms with Crippen LogP contribution in [0.4, 0.5) is 10.5 Å². The zero-order chi connectivity index (χ0) is 23.3. The summed E-state index contributed by atoms with van der Waals surface area (Å²) >= 11 is 0. The van der Waals surface area contributed by atoms with E-state index in [1.165, 1.54) is 29.3 Å². The summed E-state index contributed by atoms with van der Waals surface area (Å²) in [5.74, 6) is 1.08. The zero-order valence-electron chi connectivity index (χ0n) is 20.0. The van der Waals surface area contributed by atoms with Crippen molar-refractivity contribution in [3.05, 3.63) is 39.8 Å². The normalized spacial score (nSPS) is 18.2. The summed E-state index contributed by atoms with van der Waals surface area (Å²) in [6, 6.07) is 1.82. The first-order valence-corrected chi connectivity index (χ1v) is 12.0. The van der Waals surface area contributed by atoms with Crippen LogP contribution in [0.25, 0.3) is 0 Å². The maximum absolute atomic E-state index is 12.9. The summed E-state index contributed by atoms with van der Waals surface area (Å²) in [4.78, 5) is 12.9. The first-order valence-electron chi connectivity index (χ1n) is 12.0. The van der Waals surface area contributed by atoms with Crippen LogP contribution in [0, 0.1) is 11.3 Å². The fourth-order valence-electron chi connectivity index (χ4n) is 4.84. The lowest BCUT2D eigenvalue weighted by atomic mass is 9.99. The second-order valence-corrected chi connectivity index (χ2v) is 9.35. The quantitative estimate of drug-likeness (QED) is 0.131. The number of hydrogen-bond donors (Lipinski definition) is 4. The molecule has 0 bridgehead atoms. The Morgan fingerprint density at radius 1 is 1.25 bits per heavy atom. The van der Waals surface area contributed by atoms with Gasteiger partial charge < -0.3 is 15.5 Å². The molecule has 3 rings (SSSR count). The number of amides is 2. The molecule has 2 aliphatic carbocycles. The maximum atomic E-state index is 12.9. The number of nitrogens with one attached hydrogen (secondary N) is 3. The lowest BCUT2D eigenvalue weighted by molar-refractivity contribution is -1.08. The Balaban J connectivity index is 1.68. The Labute approximate surface area is 191 Å². The van der Waals surface area contributed by atoms with Crippen LogP contribution in [0.5, 0.6) is 0 Å². The van der Waals surface area contributed by atoms with E-state index in [4.69, 9.17) is 10.1 Å². The molecule has 1 aromatic carbocycles. The lowest BCUT2D eigenvalue weighted by Crippen LogP contribution is -2.56. The van der Waals surface area contributed by atoms with Crippen molar-refractivity contribution in [1.29, 1.82) is 5.41 Å². The third kappa shape index (κ3) is 5.51. The van der Waals surface area contributed by atoms with Gasteiger partial charge in [-0.1, -0.05) is 26.3 Å². The van der Waals surface area contributed by atoms with Crippen LogP contribution in [0.15, 0.2) is 17.5 Å². The predicted molar refractivity (Wildman–Crippen MR) is 127 cm³/mol. The highest BCUT2D eigenvalue weighted by Gasteiger charge is 2.32. The number of benzene rings is 1. The third-order valence-corrected chi connectivity index (χ3v) is 6.85. The van der Waals surface area contributed by atoms with E-state index < -0.39 is 10.8 Å². The molecule has 0 aliphatic heterocycles. The number of nitrogens with zero attached hydrogens (tertiary/aromatic N) is 1. The molecular weight excluding hydrogens is 404 g/mol. The highest BCUT2D eigenvalue weighted by molar-refractivity contribution is 5.91. The molecular formula is C25H39N4O3+. The van der Waals surface area contributed by atoms with Gasteiger partial charge in [-0.3, -0.25) is 0 Å². The van der Waals surface area contributed by atoms with Gasteiger partial charge >= 0.3 is 6.03 Å². The summed E-state index contributed by atoms with van der Waals surface area (Å²) < 4.78 is 4.82. The van der Waals surface area contributed by atoms with Crippen LogP contribution in [0.2, 0.25) is 0 Å². The number of urea groups is 1. The highest BCUT2D eigenvalue weighted by atomic mass is 16.6. The summed E-state index contributed by atoms with van der Waals surface area (Å²) in [6.07, 6.45) is 10.4. The van der Waals surface area contributed by atoms with E-state index >= 15 is 0 Å². The summed E-state index contributed by atoms with van der Waals surface area (Å²) in [7, 11) is 1.42. The van der Waals surface area contributed by atoms with E-state index in [1.54, 1.807) is 6.92 Å². The van der Waals surface area contributed by atoms with Crippen molar-refractivity contribution in [2.75, 3.05) is 19.0 Å². The Bertz CT molecular complexity index is 859. The molecule has 4 N–H and O–H groups in total. The van der Waals surface area contributed by atoms with Gasteiger partial charge in [-0.15, -0.1) is 5.43 Å². The average molecular weight is 444 g/mol. The van der Waals surface area contributed by atoms with E-state index in [-0.39, 0.29) is 5.70 Å². The maximum Gasteiger partial charge on any atom is 0.366 e. The predicted octanol–water partition coefficient (Wildman–Crippen LogP) is 5.26. The molecule has 0 saturated carbocycles. The van der Waals surface area contributed by atoms with Crippen molar-refractivity contribution in [3.8, 4) is 0 Å². The van der Waals surface area contributed by atoms with Gasteiger partial charge in [-0.25, -0.2) is 4.79 Å². The van der Waals surface area contributed by atoms with Crippen LogP contribution in [-0.4, -0.2) is 35.9 Å². The number of rotatable bonds is 10. The summed E-state index contributed by atoms with van der Waals surface area (Å²) in [6.45, 7) is 6.62. The van der Waals surface area contributed by atoms with Crippen LogP contribution in [0.1, 0.15) is 75.1 Å². The molecule has 7 heteroatoms. The third-order valence-electron chi connectivity index (χ3n) is 6.85. The number of fused-ring (bicyclic) bond motifs is 2. The van der Waals surface area contributed by atoms with Crippen LogP contribution < -0.4 is 10.7 Å². The van der Waals surface area contributed by atoms with Crippen molar-refractivity contribution in [3.63, 3.8) is 0 Å². The van der Waals surface area contributed by atoms with Crippen molar-refractivity contribution in [2.45, 2.75) is 78.6 Å². The molecule has 32 heavy (non-hydrogen) atoms. The number of carbonyl (C=O) groups excluding carboxylic acids is 1. The minimum absolute atomic E-state index is 0.187. The molecule has 2 amide bonds. The van der Waals surface area contributed by atoms with E-state index in [0.717, 1.165) is 69.7 Å². The Morgan fingerprint density at radius 2 is 1.88 bits per heavy atom. The molecule has 2 aliphatic rings. The van der Waals surface area contributed by atoms with Crippen LogP contribution >= 0.6 is 0 Å². The number of hydrogen-bond acceptors (Lipinski definition) is 4. The largest absolute Gasteiger partial charge is 0.492 e. The summed E-state index contributed by atoms with van der Waals surface area (Å²) in [5, 5.41) is 21.7. The van der Waals surface area contributed by atoms with Crippen LogP contribution in [-0.2, 0) is 30.4 Å². The molecule has 2 unspecified atom stereocenters. The molecule has 7 nitrogen and oxygen atoms in total. The van der Waals surface area contributed by atoms with Gasteiger partial charge in [0.1, 0.15) is 7.05 Å². The average Bonchev–Trinajstić information content (AvgIpc) is 3.39. The van der Waals surface area contributed by atoms with E-state index in [9.17, 15) is 10.0 Å². The highest BCUT2D eigenvalue weighted by Crippen LogP contribution is 2.38. The molecule has 0 fully saturated rings. The van der Waals surface area contributed by atoms with Gasteiger partial charge in [0.15, 0.2) is 5.76 Å². The summed E-state index contributed by atoms with van der Waals surface area (Å²) in [5.41, 5.74) is 8.84. The number of quaternary nitrogens is 1.